The summed E-state index contributed by atoms with van der Waals surface area (Å²) in [5.41, 5.74) is -0.0152. The molecule has 0 aromatic heterocycles. The maximum Gasteiger partial charge on any atom is 0.180 e. The van der Waals surface area contributed by atoms with Gasteiger partial charge in [-0.15, -0.1) is 11.6 Å². The van der Waals surface area contributed by atoms with Gasteiger partial charge in [0.2, 0.25) is 0 Å². The molecule has 0 amide bonds. The Morgan fingerprint density at radius 1 is 1.53 bits per heavy atom. The van der Waals surface area contributed by atoms with Crippen molar-refractivity contribution in [2.24, 2.45) is 0 Å². The topological polar surface area (TPSA) is 26.3 Å². The summed E-state index contributed by atoms with van der Waals surface area (Å²) in [5.74, 6) is -0.735. The number of rotatable bonds is 5. The van der Waals surface area contributed by atoms with Crippen molar-refractivity contribution in [1.29, 1.82) is 0 Å². The van der Waals surface area contributed by atoms with Crippen molar-refractivity contribution in [2.75, 3.05) is 12.5 Å². The summed E-state index contributed by atoms with van der Waals surface area (Å²) in [7, 11) is 0. The fourth-order valence-electron chi connectivity index (χ4n) is 1.10. The van der Waals surface area contributed by atoms with Gasteiger partial charge in [0.05, 0.1) is 18.1 Å². The number of carbonyl (C=O) groups excluding carboxylic acids is 1. The number of carbonyl (C=O) groups is 1. The first kappa shape index (κ1) is 12.0. The third-order valence-corrected chi connectivity index (χ3v) is 2.08. The molecule has 0 fully saturated rings. The van der Waals surface area contributed by atoms with Crippen molar-refractivity contribution in [2.45, 2.75) is 13.3 Å². The molecule has 0 saturated carbocycles. The maximum absolute atomic E-state index is 13.2. The van der Waals surface area contributed by atoms with E-state index in [1.807, 2.05) is 6.92 Å². The number of ketones is 1. The normalized spacial score (nSPS) is 10.1. The SMILES string of the molecule is CCCOc1ccc(F)c(C(=O)CCl)c1. The highest BCUT2D eigenvalue weighted by atomic mass is 35.5. The zero-order chi connectivity index (χ0) is 11.3. The lowest BCUT2D eigenvalue weighted by Crippen LogP contribution is -2.05. The number of halogens is 2. The van der Waals surface area contributed by atoms with Gasteiger partial charge in [-0.1, -0.05) is 6.92 Å². The van der Waals surface area contributed by atoms with Crippen molar-refractivity contribution in [3.05, 3.63) is 29.6 Å². The molecular formula is C11H12ClFO2. The molecule has 1 rings (SSSR count). The van der Waals surface area contributed by atoms with Crippen LogP contribution in [-0.2, 0) is 0 Å². The van der Waals surface area contributed by atoms with Gasteiger partial charge in [0.15, 0.2) is 5.78 Å². The van der Waals surface area contributed by atoms with Gasteiger partial charge in [0, 0.05) is 0 Å². The molecule has 2 nitrogen and oxygen atoms in total. The van der Waals surface area contributed by atoms with Crippen LogP contribution < -0.4 is 4.74 Å². The van der Waals surface area contributed by atoms with Gasteiger partial charge in [-0.25, -0.2) is 4.39 Å². The molecular weight excluding hydrogens is 219 g/mol. The van der Waals surface area contributed by atoms with E-state index in [0.717, 1.165) is 6.42 Å². The van der Waals surface area contributed by atoms with Crippen LogP contribution in [0.4, 0.5) is 4.39 Å². The molecule has 4 heteroatoms. The molecule has 0 atom stereocenters. The molecule has 1 aromatic carbocycles. The number of ether oxygens (including phenoxy) is 1. The first-order chi connectivity index (χ1) is 7.19. The average molecular weight is 231 g/mol. The lowest BCUT2D eigenvalue weighted by atomic mass is 10.1. The highest BCUT2D eigenvalue weighted by Crippen LogP contribution is 2.18. The standard InChI is InChI=1S/C11H12ClFO2/c1-2-5-15-8-3-4-10(13)9(6-8)11(14)7-12/h3-4,6H,2,5,7H2,1H3. The Morgan fingerprint density at radius 3 is 2.87 bits per heavy atom. The van der Waals surface area contributed by atoms with Crippen LogP contribution in [0.5, 0.6) is 5.75 Å². The number of alkyl halides is 1. The second-order valence-corrected chi connectivity index (χ2v) is 3.31. The van der Waals surface area contributed by atoms with E-state index in [9.17, 15) is 9.18 Å². The third kappa shape index (κ3) is 3.20. The Labute approximate surface area is 93.0 Å². The molecule has 0 unspecified atom stereocenters. The van der Waals surface area contributed by atoms with Crippen LogP contribution in [0.2, 0.25) is 0 Å². The van der Waals surface area contributed by atoms with E-state index in [-0.39, 0.29) is 11.4 Å². The van der Waals surface area contributed by atoms with Gasteiger partial charge in [-0.05, 0) is 24.6 Å². The molecule has 15 heavy (non-hydrogen) atoms. The van der Waals surface area contributed by atoms with Crippen molar-refractivity contribution < 1.29 is 13.9 Å². The van der Waals surface area contributed by atoms with E-state index in [0.29, 0.717) is 12.4 Å². The Kier molecular flexibility index (Phi) is 4.56. The molecule has 82 valence electrons. The lowest BCUT2D eigenvalue weighted by molar-refractivity contribution is 0.101. The average Bonchev–Trinajstić information content (AvgIpc) is 2.27. The smallest absolute Gasteiger partial charge is 0.180 e. The zero-order valence-corrected chi connectivity index (χ0v) is 9.18. The largest absolute Gasteiger partial charge is 0.494 e. The number of hydrogen-bond donors (Lipinski definition) is 0. The summed E-state index contributed by atoms with van der Waals surface area (Å²) >= 11 is 5.36. The minimum absolute atomic E-state index is 0.0152. The van der Waals surface area contributed by atoms with Crippen molar-refractivity contribution >= 4 is 17.4 Å². The van der Waals surface area contributed by atoms with E-state index in [1.54, 1.807) is 0 Å². The van der Waals surface area contributed by atoms with Gasteiger partial charge >= 0.3 is 0 Å². The number of hydrogen-bond acceptors (Lipinski definition) is 2. The lowest BCUT2D eigenvalue weighted by Gasteiger charge is -2.06. The molecule has 0 radical (unpaired) electrons. The summed E-state index contributed by atoms with van der Waals surface area (Å²) in [6.07, 6.45) is 0.857. The van der Waals surface area contributed by atoms with Crippen LogP contribution in [0.1, 0.15) is 23.7 Å². The Hall–Kier alpha value is -1.09. The summed E-state index contributed by atoms with van der Waals surface area (Å²) < 4.78 is 18.5. The molecule has 0 N–H and O–H groups in total. The monoisotopic (exact) mass is 230 g/mol. The van der Waals surface area contributed by atoms with E-state index in [2.05, 4.69) is 0 Å². The number of benzene rings is 1. The summed E-state index contributed by atoms with van der Waals surface area (Å²) in [6.45, 7) is 2.51. The van der Waals surface area contributed by atoms with Crippen LogP contribution >= 0.6 is 11.6 Å². The van der Waals surface area contributed by atoms with E-state index in [1.165, 1.54) is 18.2 Å². The molecule has 1 aromatic rings. The van der Waals surface area contributed by atoms with E-state index >= 15 is 0 Å². The summed E-state index contributed by atoms with van der Waals surface area (Å²) in [5, 5.41) is 0. The predicted molar refractivity (Wildman–Crippen MR) is 57.2 cm³/mol. The second kappa shape index (κ2) is 5.71. The predicted octanol–water partition coefficient (Wildman–Crippen LogP) is 3.04. The van der Waals surface area contributed by atoms with Gasteiger partial charge in [0.25, 0.3) is 0 Å². The number of Topliss-reactive ketones (excluding diaryl/α,β-unsaturated/α-hetero) is 1. The molecule has 0 aliphatic heterocycles. The molecule has 0 aliphatic rings. The van der Waals surface area contributed by atoms with Crippen LogP contribution in [0.3, 0.4) is 0 Å². The van der Waals surface area contributed by atoms with E-state index in [4.69, 9.17) is 16.3 Å². The van der Waals surface area contributed by atoms with Gasteiger partial charge in [0.1, 0.15) is 11.6 Å². The molecule has 0 bridgehead atoms. The second-order valence-electron chi connectivity index (χ2n) is 3.05. The molecule has 0 saturated heterocycles. The summed E-state index contributed by atoms with van der Waals surface area (Å²) in [6, 6.07) is 4.09. The minimum Gasteiger partial charge on any atom is -0.494 e. The van der Waals surface area contributed by atoms with Crippen LogP contribution in [-0.4, -0.2) is 18.3 Å². The molecule has 0 aliphatic carbocycles. The summed E-state index contributed by atoms with van der Waals surface area (Å²) in [4.78, 5) is 11.2. The highest BCUT2D eigenvalue weighted by molar-refractivity contribution is 6.30. The fraction of sp³-hybridized carbons (Fsp3) is 0.364. The minimum atomic E-state index is -0.565. The van der Waals surface area contributed by atoms with Gasteiger partial charge < -0.3 is 4.74 Å². The van der Waals surface area contributed by atoms with E-state index < -0.39 is 11.6 Å². The van der Waals surface area contributed by atoms with Crippen molar-refractivity contribution in [3.8, 4) is 5.75 Å². The quantitative estimate of drug-likeness (QED) is 0.574. The Bertz CT molecular complexity index is 352. The first-order valence-corrected chi connectivity index (χ1v) is 5.24. The fourth-order valence-corrected chi connectivity index (χ4v) is 1.24. The van der Waals surface area contributed by atoms with Crippen molar-refractivity contribution in [1.82, 2.24) is 0 Å². The Balaban J connectivity index is 2.89. The Morgan fingerprint density at radius 2 is 2.27 bits per heavy atom. The zero-order valence-electron chi connectivity index (χ0n) is 8.43. The molecule has 0 heterocycles. The van der Waals surface area contributed by atoms with Crippen LogP contribution in [0, 0.1) is 5.82 Å². The van der Waals surface area contributed by atoms with Crippen molar-refractivity contribution in [3.63, 3.8) is 0 Å². The van der Waals surface area contributed by atoms with Gasteiger partial charge in [-0.2, -0.15) is 0 Å². The maximum atomic E-state index is 13.2. The third-order valence-electron chi connectivity index (χ3n) is 1.83. The van der Waals surface area contributed by atoms with Crippen LogP contribution in [0.25, 0.3) is 0 Å². The van der Waals surface area contributed by atoms with Crippen LogP contribution in [0.15, 0.2) is 18.2 Å². The van der Waals surface area contributed by atoms with Gasteiger partial charge in [-0.3, -0.25) is 4.79 Å². The molecule has 0 spiro atoms. The highest BCUT2D eigenvalue weighted by Gasteiger charge is 2.11. The first-order valence-electron chi connectivity index (χ1n) is 4.70.